The Hall–Kier alpha value is -3.52. The summed E-state index contributed by atoms with van der Waals surface area (Å²) in [5.74, 6) is 0.0919. The van der Waals surface area contributed by atoms with Crippen LogP contribution in [0.5, 0.6) is 5.75 Å². The molecule has 2 aliphatic carbocycles. The van der Waals surface area contributed by atoms with E-state index in [0.717, 1.165) is 30.5 Å². The molecule has 1 aliphatic heterocycles. The number of halogens is 4. The van der Waals surface area contributed by atoms with Gasteiger partial charge in [0.05, 0.1) is 34.1 Å². The van der Waals surface area contributed by atoms with Crippen molar-refractivity contribution in [3.63, 3.8) is 0 Å². The van der Waals surface area contributed by atoms with Gasteiger partial charge in [-0.15, -0.1) is 24.5 Å². The van der Waals surface area contributed by atoms with Gasteiger partial charge in [0, 0.05) is 57.3 Å². The third-order valence-corrected chi connectivity index (χ3v) is 11.1. The first-order valence-electron chi connectivity index (χ1n) is 16.0. The van der Waals surface area contributed by atoms with Gasteiger partial charge < -0.3 is 9.84 Å². The Morgan fingerprint density at radius 2 is 1.90 bits per heavy atom. The Kier molecular flexibility index (Phi) is 8.54. The second-order valence-corrected chi connectivity index (χ2v) is 14.3. The molecule has 0 bridgehead atoms. The van der Waals surface area contributed by atoms with Crippen LogP contribution in [0.1, 0.15) is 65.2 Å². The first-order valence-corrected chi connectivity index (χ1v) is 17.2. The molecule has 7 rings (SSSR count). The zero-order valence-electron chi connectivity index (χ0n) is 26.4. The number of hydrogen-bond donors (Lipinski definition) is 1. The molecule has 1 unspecified atom stereocenters. The van der Waals surface area contributed by atoms with Crippen LogP contribution in [0.25, 0.3) is 21.3 Å². The first kappa shape index (κ1) is 33.0. The molecule has 254 valence electrons. The highest BCUT2D eigenvalue weighted by Gasteiger charge is 2.53. The molecule has 1 atom stereocenters. The predicted molar refractivity (Wildman–Crippen MR) is 175 cm³/mol. The number of fused-ring (bicyclic) bond motifs is 3. The number of piperidine rings is 1. The van der Waals surface area contributed by atoms with E-state index in [9.17, 15) is 27.9 Å². The molecular formula is C34H34ClF3N4O5S. The van der Waals surface area contributed by atoms with Gasteiger partial charge in [-0.25, -0.2) is 9.78 Å². The molecule has 0 amide bonds. The number of carboxylic acids is 1. The molecular weight excluding hydrogens is 669 g/mol. The summed E-state index contributed by atoms with van der Waals surface area (Å²) in [5, 5.41) is 11.7. The van der Waals surface area contributed by atoms with Crippen molar-refractivity contribution in [2.75, 3.05) is 19.7 Å². The molecule has 0 radical (unpaired) electrons. The van der Waals surface area contributed by atoms with Gasteiger partial charge in [0.15, 0.2) is 0 Å². The van der Waals surface area contributed by atoms with E-state index in [-0.39, 0.29) is 35.7 Å². The zero-order valence-corrected chi connectivity index (χ0v) is 28.0. The summed E-state index contributed by atoms with van der Waals surface area (Å²) in [5.41, 5.74) is 3.95. The van der Waals surface area contributed by atoms with Crippen LogP contribution in [0.15, 0.2) is 34.4 Å². The third kappa shape index (κ3) is 6.33. The SMILES string of the molecule is Cc1cc(-c2cc(Cl)ccc2OCCn2c(C)nc3c(c2=O)CC(N2CCC(OC(F)(F)F)CC2)CC32CC2)c2scc(C(=O)O)c2n1. The minimum atomic E-state index is -4.64. The molecule has 48 heavy (non-hydrogen) atoms. The molecule has 1 aromatic carbocycles. The summed E-state index contributed by atoms with van der Waals surface area (Å²) in [6, 6.07) is 7.19. The second-order valence-electron chi connectivity index (χ2n) is 13.0. The van der Waals surface area contributed by atoms with Crippen molar-refractivity contribution >= 4 is 39.1 Å². The van der Waals surface area contributed by atoms with E-state index in [1.54, 1.807) is 35.1 Å². The topological polar surface area (TPSA) is 107 Å². The number of aryl methyl sites for hydroxylation is 2. The lowest BCUT2D eigenvalue weighted by Gasteiger charge is -2.41. The summed E-state index contributed by atoms with van der Waals surface area (Å²) in [7, 11) is 0. The van der Waals surface area contributed by atoms with Crippen molar-refractivity contribution in [3.05, 3.63) is 73.4 Å². The van der Waals surface area contributed by atoms with E-state index in [1.807, 2.05) is 13.0 Å². The number of rotatable bonds is 8. The minimum Gasteiger partial charge on any atom is -0.491 e. The molecule has 1 N–H and O–H groups in total. The average molecular weight is 703 g/mol. The van der Waals surface area contributed by atoms with Crippen LogP contribution in [0.4, 0.5) is 13.2 Å². The molecule has 14 heteroatoms. The normalized spacial score (nSPS) is 19.5. The molecule has 1 saturated heterocycles. The number of alkyl halides is 3. The lowest BCUT2D eigenvalue weighted by atomic mass is 9.80. The maximum Gasteiger partial charge on any atom is 0.522 e. The summed E-state index contributed by atoms with van der Waals surface area (Å²) in [4.78, 5) is 37.5. The molecule has 3 aliphatic rings. The number of pyridine rings is 1. The molecule has 4 aromatic rings. The maximum atomic E-state index is 14.0. The fourth-order valence-corrected chi connectivity index (χ4v) is 8.60. The average Bonchev–Trinajstić information content (AvgIpc) is 3.66. The number of likely N-dealkylation sites (tertiary alicyclic amines) is 1. The van der Waals surface area contributed by atoms with E-state index in [2.05, 4.69) is 14.6 Å². The van der Waals surface area contributed by atoms with E-state index in [4.69, 9.17) is 21.3 Å². The van der Waals surface area contributed by atoms with Crippen molar-refractivity contribution in [1.29, 1.82) is 0 Å². The summed E-state index contributed by atoms with van der Waals surface area (Å²) >= 11 is 7.70. The Morgan fingerprint density at radius 1 is 1.15 bits per heavy atom. The summed E-state index contributed by atoms with van der Waals surface area (Å²) < 4.78 is 51.2. The van der Waals surface area contributed by atoms with Crippen LogP contribution in [-0.4, -0.2) is 68.7 Å². The predicted octanol–water partition coefficient (Wildman–Crippen LogP) is 6.91. The van der Waals surface area contributed by atoms with Gasteiger partial charge >= 0.3 is 12.3 Å². The van der Waals surface area contributed by atoms with Gasteiger partial charge in [-0.1, -0.05) is 11.6 Å². The first-order chi connectivity index (χ1) is 22.8. The van der Waals surface area contributed by atoms with Gasteiger partial charge in [0.25, 0.3) is 5.56 Å². The van der Waals surface area contributed by atoms with Crippen LogP contribution in [0, 0.1) is 13.8 Å². The van der Waals surface area contributed by atoms with Gasteiger partial charge in [0.1, 0.15) is 18.2 Å². The van der Waals surface area contributed by atoms with Gasteiger partial charge in [0.2, 0.25) is 0 Å². The number of aromatic carboxylic acids is 1. The van der Waals surface area contributed by atoms with E-state index < -0.39 is 18.4 Å². The van der Waals surface area contributed by atoms with E-state index in [0.29, 0.717) is 76.0 Å². The van der Waals surface area contributed by atoms with Crippen molar-refractivity contribution in [3.8, 4) is 16.9 Å². The Morgan fingerprint density at radius 3 is 2.58 bits per heavy atom. The summed E-state index contributed by atoms with van der Waals surface area (Å²) in [6.45, 7) is 5.03. The molecule has 4 heterocycles. The molecule has 3 aromatic heterocycles. The van der Waals surface area contributed by atoms with Gasteiger partial charge in [-0.3, -0.25) is 24.0 Å². The summed E-state index contributed by atoms with van der Waals surface area (Å²) in [6.07, 6.45) is -1.62. The fraction of sp³-hybridized carbons (Fsp3) is 0.471. The van der Waals surface area contributed by atoms with Crippen LogP contribution in [-0.2, 0) is 23.1 Å². The van der Waals surface area contributed by atoms with Gasteiger partial charge in [-0.05, 0) is 76.6 Å². The minimum absolute atomic E-state index is 0.0601. The monoisotopic (exact) mass is 702 g/mol. The van der Waals surface area contributed by atoms with Gasteiger partial charge in [-0.2, -0.15) is 0 Å². The largest absolute Gasteiger partial charge is 0.522 e. The fourth-order valence-electron chi connectivity index (χ4n) is 7.41. The highest BCUT2D eigenvalue weighted by molar-refractivity contribution is 7.18. The molecule has 9 nitrogen and oxygen atoms in total. The number of aromatic nitrogens is 3. The number of hydrogen-bond acceptors (Lipinski definition) is 8. The van der Waals surface area contributed by atoms with Crippen LogP contribution >= 0.6 is 22.9 Å². The van der Waals surface area contributed by atoms with Crippen molar-refractivity contribution in [2.24, 2.45) is 0 Å². The number of thiophene rings is 1. The number of carbonyl (C=O) groups is 1. The zero-order chi connectivity index (χ0) is 34.0. The van der Waals surface area contributed by atoms with Crippen molar-refractivity contribution in [2.45, 2.75) is 82.8 Å². The molecule has 2 fully saturated rings. The van der Waals surface area contributed by atoms with Crippen molar-refractivity contribution in [1.82, 2.24) is 19.4 Å². The maximum absolute atomic E-state index is 14.0. The quantitative estimate of drug-likeness (QED) is 0.211. The Balaban J connectivity index is 1.11. The highest BCUT2D eigenvalue weighted by atomic mass is 35.5. The van der Waals surface area contributed by atoms with Crippen molar-refractivity contribution < 1.29 is 32.5 Å². The van der Waals surface area contributed by atoms with Crippen LogP contribution in [0.3, 0.4) is 0 Å². The number of benzene rings is 1. The van der Waals surface area contributed by atoms with Crippen LogP contribution < -0.4 is 10.3 Å². The lowest BCUT2D eigenvalue weighted by Crippen LogP contribution is -2.50. The standard InChI is InChI=1S/C34H34ClF3N4O5S/c1-18-13-24(29-28(39-18)26(17-48-29)32(44)45)23-14-20(35)3-4-27(23)46-12-11-42-19(2)40-30-25(31(42)43)15-21(16-33(30)7-8-33)41-9-5-22(6-10-41)47-34(36,37)38/h3-4,13-14,17,21-22H,5-12,15-16H2,1-2H3,(H,44,45). The number of carboxylic acid groups (broad SMARTS) is 1. The second kappa shape index (κ2) is 12.4. The Labute approximate surface area is 283 Å². The van der Waals surface area contributed by atoms with E-state index in [1.165, 1.54) is 11.3 Å². The Bertz CT molecular complexity index is 1970. The smallest absolute Gasteiger partial charge is 0.491 e. The number of nitrogens with zero attached hydrogens (tertiary/aromatic N) is 4. The molecule has 1 spiro atoms. The van der Waals surface area contributed by atoms with Crippen LogP contribution in [0.2, 0.25) is 5.02 Å². The third-order valence-electron chi connectivity index (χ3n) is 9.85. The number of ether oxygens (including phenoxy) is 2. The molecule has 1 saturated carbocycles. The highest BCUT2D eigenvalue weighted by Crippen LogP contribution is 2.55. The lowest BCUT2D eigenvalue weighted by molar-refractivity contribution is -0.346. The van der Waals surface area contributed by atoms with E-state index >= 15 is 0 Å².